The molecule has 5 nitrogen and oxygen atoms in total. The number of unbranched alkanes of at least 4 members (excludes halogenated alkanes) is 13. The highest BCUT2D eigenvalue weighted by atomic mass is 16.4. The van der Waals surface area contributed by atoms with Gasteiger partial charge in [0.2, 0.25) is 0 Å². The van der Waals surface area contributed by atoms with Crippen molar-refractivity contribution < 1.29 is 19.5 Å². The molecule has 3 N–H and O–H groups in total. The summed E-state index contributed by atoms with van der Waals surface area (Å²) in [6.45, 7) is 0. The first-order valence-corrected chi connectivity index (χ1v) is 10.4. The number of Topliss-reactive ketones (excluding diaryl/α,β-unsaturated/α-hetero) is 1. The maximum Gasteiger partial charge on any atom is 0.303 e. The quantitative estimate of drug-likeness (QED) is 0.303. The normalized spacial score (nSPS) is 12.0. The number of carboxylic acids is 1. The fourth-order valence-corrected chi connectivity index (χ4v) is 3.07. The first-order chi connectivity index (χ1) is 12.6. The molecular formula is C21H38NO4. The third kappa shape index (κ3) is 17.6. The molecule has 0 aromatic carbocycles. The number of rotatable bonds is 20. The van der Waals surface area contributed by atoms with Gasteiger partial charge in [-0.25, -0.2) is 0 Å². The van der Waals surface area contributed by atoms with E-state index in [1.807, 2.05) is 6.29 Å². The highest BCUT2D eigenvalue weighted by Gasteiger charge is 2.14. The Bertz CT molecular complexity index is 371. The summed E-state index contributed by atoms with van der Waals surface area (Å²) < 4.78 is 0. The minimum absolute atomic E-state index is 0.00413. The molecule has 0 spiro atoms. The maximum absolute atomic E-state index is 11.8. The summed E-state index contributed by atoms with van der Waals surface area (Å²) in [5.41, 5.74) is 5.70. The van der Waals surface area contributed by atoms with Crippen LogP contribution in [0.1, 0.15) is 109 Å². The van der Waals surface area contributed by atoms with E-state index >= 15 is 0 Å². The van der Waals surface area contributed by atoms with Crippen LogP contribution in [0.2, 0.25) is 0 Å². The SMILES string of the molecule is N[C@@H](CCC(=O)O)C(=O)CCCCCCCCCCCCCCC[C]=O. The van der Waals surface area contributed by atoms with Gasteiger partial charge in [-0.15, -0.1) is 0 Å². The van der Waals surface area contributed by atoms with Crippen molar-refractivity contribution in [3.63, 3.8) is 0 Å². The molecule has 0 rings (SSSR count). The summed E-state index contributed by atoms with van der Waals surface area (Å²) in [5.74, 6) is -0.905. The van der Waals surface area contributed by atoms with Gasteiger partial charge in [0.05, 0.1) is 6.04 Å². The van der Waals surface area contributed by atoms with Crippen LogP contribution in [0, 0.1) is 0 Å². The van der Waals surface area contributed by atoms with Crippen molar-refractivity contribution in [3.8, 4) is 0 Å². The van der Waals surface area contributed by atoms with Crippen LogP contribution in [0.4, 0.5) is 0 Å². The zero-order valence-electron chi connectivity index (χ0n) is 16.3. The Labute approximate surface area is 159 Å². The molecule has 0 saturated heterocycles. The summed E-state index contributed by atoms with van der Waals surface area (Å²) in [4.78, 5) is 32.3. The zero-order chi connectivity index (χ0) is 19.5. The monoisotopic (exact) mass is 368 g/mol. The predicted octanol–water partition coefficient (Wildman–Crippen LogP) is 4.71. The molecule has 26 heavy (non-hydrogen) atoms. The van der Waals surface area contributed by atoms with Crippen molar-refractivity contribution >= 4 is 18.0 Å². The highest BCUT2D eigenvalue weighted by molar-refractivity contribution is 5.84. The molecule has 0 bridgehead atoms. The summed E-state index contributed by atoms with van der Waals surface area (Å²) >= 11 is 0. The van der Waals surface area contributed by atoms with Gasteiger partial charge >= 0.3 is 5.97 Å². The van der Waals surface area contributed by atoms with Gasteiger partial charge in [-0.05, 0) is 19.3 Å². The summed E-state index contributed by atoms with van der Waals surface area (Å²) in [6.07, 6.45) is 18.6. The standard InChI is InChI=1S/C21H38NO4/c22-19(16-17-21(25)26)20(24)15-13-11-9-7-5-3-1-2-4-6-8-10-12-14-18-23/h19H,1-17,22H2,(H,25,26)/t19-/m0/s1. The van der Waals surface area contributed by atoms with Crippen LogP contribution in [0.3, 0.4) is 0 Å². The van der Waals surface area contributed by atoms with Gasteiger partial charge in [-0.2, -0.15) is 0 Å². The number of carbonyl (C=O) groups is 2. The van der Waals surface area contributed by atoms with Crippen LogP contribution >= 0.6 is 0 Å². The minimum Gasteiger partial charge on any atom is -0.481 e. The Hall–Kier alpha value is -1.23. The second-order valence-corrected chi connectivity index (χ2v) is 7.25. The van der Waals surface area contributed by atoms with Gasteiger partial charge in [0.1, 0.15) is 5.78 Å². The second kappa shape index (κ2) is 18.6. The third-order valence-corrected chi connectivity index (χ3v) is 4.78. The predicted molar refractivity (Wildman–Crippen MR) is 105 cm³/mol. The number of hydrogen-bond donors (Lipinski definition) is 2. The number of ketones is 1. The molecule has 0 aliphatic heterocycles. The van der Waals surface area contributed by atoms with Crippen LogP contribution in [0.15, 0.2) is 0 Å². The Morgan fingerprint density at radius 3 is 1.58 bits per heavy atom. The molecule has 0 aliphatic carbocycles. The molecule has 0 saturated carbocycles. The van der Waals surface area contributed by atoms with E-state index in [4.69, 9.17) is 10.8 Å². The molecule has 0 aromatic heterocycles. The van der Waals surface area contributed by atoms with Crippen LogP contribution in [-0.4, -0.2) is 29.2 Å². The Morgan fingerprint density at radius 2 is 1.15 bits per heavy atom. The molecule has 1 radical (unpaired) electrons. The Balaban J connectivity index is 3.25. The van der Waals surface area contributed by atoms with Crippen LogP contribution in [0.25, 0.3) is 0 Å². The van der Waals surface area contributed by atoms with E-state index < -0.39 is 12.0 Å². The molecule has 0 fully saturated rings. The highest BCUT2D eigenvalue weighted by Crippen LogP contribution is 2.13. The smallest absolute Gasteiger partial charge is 0.303 e. The van der Waals surface area contributed by atoms with E-state index in [2.05, 4.69) is 0 Å². The van der Waals surface area contributed by atoms with Gasteiger partial charge in [-0.3, -0.25) is 14.4 Å². The summed E-state index contributed by atoms with van der Waals surface area (Å²) in [5, 5.41) is 8.58. The number of nitrogens with two attached hydrogens (primary N) is 1. The number of hydrogen-bond acceptors (Lipinski definition) is 4. The minimum atomic E-state index is -0.901. The lowest BCUT2D eigenvalue weighted by atomic mass is 10.0. The molecular weight excluding hydrogens is 330 g/mol. The molecule has 0 aliphatic rings. The van der Waals surface area contributed by atoms with Crippen molar-refractivity contribution in [2.45, 2.75) is 115 Å². The van der Waals surface area contributed by atoms with E-state index in [-0.39, 0.29) is 18.6 Å². The van der Waals surface area contributed by atoms with Crippen LogP contribution < -0.4 is 5.73 Å². The van der Waals surface area contributed by atoms with Crippen molar-refractivity contribution in [3.05, 3.63) is 0 Å². The fourth-order valence-electron chi connectivity index (χ4n) is 3.07. The number of carboxylic acid groups (broad SMARTS) is 1. The van der Waals surface area contributed by atoms with Gasteiger partial charge in [-0.1, -0.05) is 70.6 Å². The van der Waals surface area contributed by atoms with Crippen molar-refractivity contribution in [1.29, 1.82) is 0 Å². The molecule has 0 unspecified atom stereocenters. The maximum atomic E-state index is 11.8. The van der Waals surface area contributed by atoms with Crippen LogP contribution in [0.5, 0.6) is 0 Å². The third-order valence-electron chi connectivity index (χ3n) is 4.78. The number of carbonyl (C=O) groups excluding carboxylic acids is 2. The molecule has 5 heteroatoms. The van der Waals surface area contributed by atoms with E-state index in [1.54, 1.807) is 0 Å². The van der Waals surface area contributed by atoms with Gasteiger partial charge in [0.25, 0.3) is 0 Å². The van der Waals surface area contributed by atoms with Crippen molar-refractivity contribution in [1.82, 2.24) is 0 Å². The summed E-state index contributed by atoms with van der Waals surface area (Å²) in [7, 11) is 0. The second-order valence-electron chi connectivity index (χ2n) is 7.25. The average molecular weight is 369 g/mol. The van der Waals surface area contributed by atoms with E-state index in [0.29, 0.717) is 12.8 Å². The van der Waals surface area contributed by atoms with Gasteiger partial charge < -0.3 is 10.8 Å². The van der Waals surface area contributed by atoms with E-state index in [1.165, 1.54) is 51.4 Å². The Morgan fingerprint density at radius 1 is 0.731 bits per heavy atom. The molecule has 0 aromatic rings. The molecule has 1 atom stereocenters. The molecule has 0 amide bonds. The Kier molecular flexibility index (Phi) is 17.7. The topological polar surface area (TPSA) is 97.5 Å². The lowest BCUT2D eigenvalue weighted by molar-refractivity contribution is -0.137. The van der Waals surface area contributed by atoms with E-state index in [0.717, 1.165) is 32.1 Å². The van der Waals surface area contributed by atoms with Crippen molar-refractivity contribution in [2.75, 3.05) is 0 Å². The lowest BCUT2D eigenvalue weighted by Crippen LogP contribution is -2.30. The average Bonchev–Trinajstić information content (AvgIpc) is 2.62. The zero-order valence-corrected chi connectivity index (χ0v) is 16.3. The van der Waals surface area contributed by atoms with Crippen molar-refractivity contribution in [2.24, 2.45) is 5.73 Å². The fraction of sp³-hybridized carbons (Fsp3) is 0.857. The summed E-state index contributed by atoms with van der Waals surface area (Å²) in [6, 6.07) is -0.616. The van der Waals surface area contributed by atoms with Gasteiger partial charge in [0.15, 0.2) is 6.29 Å². The van der Waals surface area contributed by atoms with Crippen LogP contribution in [-0.2, 0) is 14.4 Å². The number of aliphatic carboxylic acids is 1. The first-order valence-electron chi connectivity index (χ1n) is 10.4. The van der Waals surface area contributed by atoms with E-state index in [9.17, 15) is 14.4 Å². The largest absolute Gasteiger partial charge is 0.481 e. The molecule has 0 heterocycles. The van der Waals surface area contributed by atoms with Gasteiger partial charge in [0, 0.05) is 19.3 Å². The first kappa shape index (κ1) is 24.8. The molecule has 151 valence electrons. The lowest BCUT2D eigenvalue weighted by Gasteiger charge is -2.08.